The van der Waals surface area contributed by atoms with Gasteiger partial charge in [0, 0.05) is 11.8 Å². The molecule has 1 aromatic carbocycles. The molecule has 2 aromatic rings. The summed E-state index contributed by atoms with van der Waals surface area (Å²) in [5, 5.41) is 9.84. The minimum absolute atomic E-state index is 0.284. The van der Waals surface area contributed by atoms with Gasteiger partial charge >= 0.3 is 11.7 Å². The lowest BCUT2D eigenvalue weighted by molar-refractivity contribution is -0.145. The van der Waals surface area contributed by atoms with Crippen LogP contribution in [0.25, 0.3) is 11.3 Å². The van der Waals surface area contributed by atoms with Crippen LogP contribution in [0, 0.1) is 0 Å². The van der Waals surface area contributed by atoms with Gasteiger partial charge in [0.2, 0.25) is 0 Å². The summed E-state index contributed by atoms with van der Waals surface area (Å²) in [7, 11) is 0. The third-order valence-corrected chi connectivity index (χ3v) is 4.45. The summed E-state index contributed by atoms with van der Waals surface area (Å²) in [6.07, 6.45) is 5.81. The molecule has 21 heavy (non-hydrogen) atoms. The number of carbonyl (C=O) groups is 1. The highest BCUT2D eigenvalue weighted by Crippen LogP contribution is 2.43. The summed E-state index contributed by atoms with van der Waals surface area (Å²) < 4.78 is 0. The SMILES string of the molecule is O=C(O)C1(c2ccccc2-c2c[nH]c(=O)[nH]2)CCCCC1. The zero-order valence-electron chi connectivity index (χ0n) is 11.7. The fourth-order valence-corrected chi connectivity index (χ4v) is 3.37. The van der Waals surface area contributed by atoms with E-state index in [4.69, 9.17) is 0 Å². The summed E-state index contributed by atoms with van der Waals surface area (Å²) >= 11 is 0. The highest BCUT2D eigenvalue weighted by molar-refractivity contribution is 5.85. The molecule has 0 atom stereocenters. The van der Waals surface area contributed by atoms with Gasteiger partial charge in [-0.25, -0.2) is 4.79 Å². The Bertz CT molecular complexity index is 708. The minimum Gasteiger partial charge on any atom is -0.481 e. The van der Waals surface area contributed by atoms with E-state index in [0.29, 0.717) is 18.5 Å². The minimum atomic E-state index is -0.844. The Morgan fingerprint density at radius 3 is 2.48 bits per heavy atom. The number of rotatable bonds is 3. The predicted molar refractivity (Wildman–Crippen MR) is 79.2 cm³/mol. The molecule has 110 valence electrons. The molecule has 1 aliphatic rings. The molecular weight excluding hydrogens is 268 g/mol. The lowest BCUT2D eigenvalue weighted by Gasteiger charge is -2.35. The molecule has 1 saturated carbocycles. The number of hydrogen-bond acceptors (Lipinski definition) is 2. The van der Waals surface area contributed by atoms with Crippen molar-refractivity contribution in [3.05, 3.63) is 46.5 Å². The Balaban J connectivity index is 2.17. The van der Waals surface area contributed by atoms with Crippen molar-refractivity contribution in [2.75, 3.05) is 0 Å². The summed E-state index contributed by atoms with van der Waals surface area (Å²) in [6, 6.07) is 7.47. The Kier molecular flexibility index (Phi) is 3.41. The Morgan fingerprint density at radius 2 is 1.86 bits per heavy atom. The van der Waals surface area contributed by atoms with Crippen LogP contribution in [0.15, 0.2) is 35.3 Å². The first kappa shape index (κ1) is 13.7. The van der Waals surface area contributed by atoms with Crippen LogP contribution < -0.4 is 5.69 Å². The van der Waals surface area contributed by atoms with Crippen molar-refractivity contribution in [2.45, 2.75) is 37.5 Å². The number of imidazole rings is 1. The molecule has 1 fully saturated rings. The fraction of sp³-hybridized carbons (Fsp3) is 0.375. The molecule has 3 rings (SSSR count). The van der Waals surface area contributed by atoms with Gasteiger partial charge in [-0.15, -0.1) is 0 Å². The van der Waals surface area contributed by atoms with E-state index in [-0.39, 0.29) is 5.69 Å². The molecule has 0 saturated heterocycles. The fourth-order valence-electron chi connectivity index (χ4n) is 3.37. The van der Waals surface area contributed by atoms with Crippen molar-refractivity contribution in [3.8, 4) is 11.3 Å². The highest BCUT2D eigenvalue weighted by atomic mass is 16.4. The van der Waals surface area contributed by atoms with Crippen molar-refractivity contribution in [1.82, 2.24) is 9.97 Å². The van der Waals surface area contributed by atoms with Gasteiger partial charge in [0.15, 0.2) is 0 Å². The standard InChI is InChI=1S/C16H18N2O3/c19-14(20)16(8-4-1-5-9-16)12-7-3-2-6-11(12)13-10-17-15(21)18-13/h2-3,6-7,10H,1,4-5,8-9H2,(H,19,20)(H2,17,18,21). The average molecular weight is 286 g/mol. The number of H-pyrrole nitrogens is 2. The molecule has 0 bridgehead atoms. The number of hydrogen-bond donors (Lipinski definition) is 3. The normalized spacial score (nSPS) is 17.5. The molecule has 0 aliphatic heterocycles. The van der Waals surface area contributed by atoms with E-state index >= 15 is 0 Å². The molecular formula is C16H18N2O3. The lowest BCUT2D eigenvalue weighted by Crippen LogP contribution is -2.38. The Labute approximate surface area is 122 Å². The Morgan fingerprint density at radius 1 is 1.14 bits per heavy atom. The topological polar surface area (TPSA) is 85.9 Å². The first-order valence-electron chi connectivity index (χ1n) is 7.24. The molecule has 1 aromatic heterocycles. The number of aliphatic carboxylic acids is 1. The van der Waals surface area contributed by atoms with Crippen LogP contribution in [-0.4, -0.2) is 21.0 Å². The van der Waals surface area contributed by atoms with Crippen molar-refractivity contribution < 1.29 is 9.90 Å². The van der Waals surface area contributed by atoms with E-state index in [1.807, 2.05) is 24.3 Å². The number of aromatic nitrogens is 2. The summed E-state index contributed by atoms with van der Waals surface area (Å²) in [5.41, 5.74) is 1.10. The first-order valence-corrected chi connectivity index (χ1v) is 7.24. The summed E-state index contributed by atoms with van der Waals surface area (Å²) in [5.74, 6) is -0.771. The molecule has 5 heteroatoms. The Hall–Kier alpha value is -2.30. The van der Waals surface area contributed by atoms with Gasteiger partial charge in [-0.3, -0.25) is 4.79 Å². The zero-order valence-corrected chi connectivity index (χ0v) is 11.7. The van der Waals surface area contributed by atoms with Gasteiger partial charge in [-0.1, -0.05) is 43.5 Å². The van der Waals surface area contributed by atoms with E-state index in [0.717, 1.165) is 30.4 Å². The van der Waals surface area contributed by atoms with Crippen LogP contribution in [0.5, 0.6) is 0 Å². The molecule has 0 radical (unpaired) electrons. The van der Waals surface area contributed by atoms with Crippen LogP contribution in [0.2, 0.25) is 0 Å². The lowest BCUT2D eigenvalue weighted by atomic mass is 9.68. The maximum atomic E-state index is 12.0. The first-order chi connectivity index (χ1) is 10.1. The number of benzene rings is 1. The molecule has 0 spiro atoms. The second kappa shape index (κ2) is 5.24. The average Bonchev–Trinajstić information content (AvgIpc) is 2.94. The van der Waals surface area contributed by atoms with Crippen LogP contribution in [-0.2, 0) is 10.2 Å². The molecule has 1 aliphatic carbocycles. The number of nitrogens with one attached hydrogen (secondary N) is 2. The van der Waals surface area contributed by atoms with E-state index in [9.17, 15) is 14.7 Å². The maximum Gasteiger partial charge on any atom is 0.323 e. The largest absolute Gasteiger partial charge is 0.481 e. The number of aromatic amines is 2. The number of carboxylic acid groups (broad SMARTS) is 1. The van der Waals surface area contributed by atoms with Gasteiger partial charge in [-0.05, 0) is 18.4 Å². The molecule has 0 amide bonds. The van der Waals surface area contributed by atoms with Crippen LogP contribution >= 0.6 is 0 Å². The highest BCUT2D eigenvalue weighted by Gasteiger charge is 2.42. The summed E-state index contributed by atoms with van der Waals surface area (Å²) in [6.45, 7) is 0. The third kappa shape index (κ3) is 2.28. The van der Waals surface area contributed by atoms with E-state index in [1.165, 1.54) is 0 Å². The monoisotopic (exact) mass is 286 g/mol. The molecule has 0 unspecified atom stereocenters. The second-order valence-corrected chi connectivity index (χ2v) is 5.65. The smallest absolute Gasteiger partial charge is 0.323 e. The van der Waals surface area contributed by atoms with Gasteiger partial charge in [0.1, 0.15) is 0 Å². The van der Waals surface area contributed by atoms with Gasteiger partial charge in [0.05, 0.1) is 11.1 Å². The molecule has 1 heterocycles. The van der Waals surface area contributed by atoms with E-state index in [1.54, 1.807) is 6.20 Å². The van der Waals surface area contributed by atoms with Crippen molar-refractivity contribution in [2.24, 2.45) is 0 Å². The predicted octanol–water partition coefficient (Wildman–Crippen LogP) is 2.66. The van der Waals surface area contributed by atoms with Crippen LogP contribution in [0.4, 0.5) is 0 Å². The molecule has 5 nitrogen and oxygen atoms in total. The van der Waals surface area contributed by atoms with Crippen molar-refractivity contribution in [1.29, 1.82) is 0 Å². The maximum absolute atomic E-state index is 12.0. The quantitative estimate of drug-likeness (QED) is 0.810. The van der Waals surface area contributed by atoms with Gasteiger partial charge in [0.25, 0.3) is 0 Å². The number of carboxylic acids is 1. The summed E-state index contributed by atoms with van der Waals surface area (Å²) in [4.78, 5) is 28.6. The molecule has 3 N–H and O–H groups in total. The van der Waals surface area contributed by atoms with Gasteiger partial charge < -0.3 is 15.1 Å². The van der Waals surface area contributed by atoms with E-state index in [2.05, 4.69) is 9.97 Å². The van der Waals surface area contributed by atoms with E-state index < -0.39 is 11.4 Å². The van der Waals surface area contributed by atoms with Crippen molar-refractivity contribution >= 4 is 5.97 Å². The zero-order chi connectivity index (χ0) is 14.9. The van der Waals surface area contributed by atoms with Crippen LogP contribution in [0.3, 0.4) is 0 Å². The van der Waals surface area contributed by atoms with Crippen molar-refractivity contribution in [3.63, 3.8) is 0 Å². The van der Waals surface area contributed by atoms with Crippen LogP contribution in [0.1, 0.15) is 37.7 Å². The second-order valence-electron chi connectivity index (χ2n) is 5.65. The van der Waals surface area contributed by atoms with Gasteiger partial charge in [-0.2, -0.15) is 0 Å². The third-order valence-electron chi connectivity index (χ3n) is 4.45.